The van der Waals surface area contributed by atoms with Gasteiger partial charge in [0, 0.05) is 11.5 Å². The summed E-state index contributed by atoms with van der Waals surface area (Å²) < 4.78 is 1.80. The molecule has 1 saturated carbocycles. The fraction of sp³-hybridized carbons (Fsp3) is 0.500. The minimum absolute atomic E-state index is 0.0311. The third kappa shape index (κ3) is 2.55. The van der Waals surface area contributed by atoms with Gasteiger partial charge in [-0.2, -0.15) is 5.10 Å². The van der Waals surface area contributed by atoms with Crippen LogP contribution in [0.3, 0.4) is 0 Å². The number of hydrogen-bond acceptors (Lipinski definition) is 2. The lowest BCUT2D eigenvalue weighted by Gasteiger charge is -2.28. The van der Waals surface area contributed by atoms with Gasteiger partial charge in [0.05, 0.1) is 11.4 Å². The van der Waals surface area contributed by atoms with Crippen LogP contribution >= 0.6 is 0 Å². The molecular weight excluding hydrogens is 332 g/mol. The Labute approximate surface area is 161 Å². The molecule has 4 unspecified atom stereocenters. The van der Waals surface area contributed by atoms with Crippen molar-refractivity contribution in [3.63, 3.8) is 0 Å². The molecule has 3 aliphatic carbocycles. The van der Waals surface area contributed by atoms with Gasteiger partial charge in [0.15, 0.2) is 0 Å². The van der Waals surface area contributed by atoms with Crippen molar-refractivity contribution in [3.05, 3.63) is 65.0 Å². The third-order valence-electron chi connectivity index (χ3n) is 7.41. The van der Waals surface area contributed by atoms with Crippen LogP contribution in [-0.4, -0.2) is 15.7 Å². The van der Waals surface area contributed by atoms with E-state index >= 15 is 0 Å². The molecule has 3 heteroatoms. The van der Waals surface area contributed by atoms with E-state index < -0.39 is 0 Å². The minimum Gasteiger partial charge on any atom is -0.272 e. The highest BCUT2D eigenvalue weighted by Gasteiger charge is 2.64. The molecule has 4 atom stereocenters. The normalized spacial score (nSPS) is 30.0. The molecule has 0 amide bonds. The van der Waals surface area contributed by atoms with E-state index in [1.54, 1.807) is 4.68 Å². The van der Waals surface area contributed by atoms with Crippen LogP contribution in [0.15, 0.2) is 42.5 Å². The Kier molecular flexibility index (Phi) is 3.72. The molecule has 1 heterocycles. The zero-order valence-corrected chi connectivity index (χ0v) is 16.5. The molecule has 140 valence electrons. The van der Waals surface area contributed by atoms with E-state index in [9.17, 15) is 4.79 Å². The Balaban J connectivity index is 1.43. The lowest BCUT2D eigenvalue weighted by Crippen LogP contribution is -2.32. The first-order valence-electron chi connectivity index (χ1n) is 10.3. The second-order valence-corrected chi connectivity index (χ2v) is 9.30. The van der Waals surface area contributed by atoms with Crippen molar-refractivity contribution in [2.45, 2.75) is 52.4 Å². The van der Waals surface area contributed by atoms with Crippen LogP contribution in [0.4, 0.5) is 0 Å². The maximum Gasteiger partial charge on any atom is 0.250 e. The second-order valence-electron chi connectivity index (χ2n) is 9.30. The average molecular weight is 361 g/mol. The Bertz CT molecular complexity index is 921. The zero-order chi connectivity index (χ0) is 18.8. The van der Waals surface area contributed by atoms with Crippen molar-refractivity contribution in [1.82, 2.24) is 9.78 Å². The predicted octanol–water partition coefficient (Wildman–Crippen LogP) is 4.95. The van der Waals surface area contributed by atoms with Gasteiger partial charge in [-0.1, -0.05) is 56.3 Å². The number of nitrogens with zero attached hydrogens (tertiary/aromatic N) is 2. The molecular formula is C24H28N2O. The van der Waals surface area contributed by atoms with Gasteiger partial charge in [-0.15, -0.1) is 0 Å². The number of rotatable bonds is 3. The van der Waals surface area contributed by atoms with E-state index in [0.29, 0.717) is 23.2 Å². The summed E-state index contributed by atoms with van der Waals surface area (Å²) in [6.45, 7) is 6.79. The highest BCUT2D eigenvalue weighted by Crippen LogP contribution is 2.70. The van der Waals surface area contributed by atoms with Crippen molar-refractivity contribution < 1.29 is 4.79 Å². The van der Waals surface area contributed by atoms with Crippen LogP contribution in [0.2, 0.25) is 0 Å². The van der Waals surface area contributed by atoms with E-state index in [0.717, 1.165) is 31.4 Å². The van der Waals surface area contributed by atoms with Crippen molar-refractivity contribution in [1.29, 1.82) is 0 Å². The topological polar surface area (TPSA) is 34.9 Å². The molecule has 3 nitrogen and oxygen atoms in total. The van der Waals surface area contributed by atoms with Gasteiger partial charge in [0.1, 0.15) is 0 Å². The number of hydrogen-bond donors (Lipinski definition) is 0. The standard InChI is InChI=1S/C24H28N2O/c1-15-21-20(14-19-22(21)24(19,2)3)26(25-15)23(27)18-12-8-7-11-17(18)13-16-9-5-4-6-10-16/h4-10,17-19,22H,11-14H2,1-3H3. The first kappa shape index (κ1) is 17.0. The van der Waals surface area contributed by atoms with Gasteiger partial charge in [-0.05, 0) is 61.3 Å². The monoisotopic (exact) mass is 360 g/mol. The van der Waals surface area contributed by atoms with E-state index in [-0.39, 0.29) is 11.8 Å². The SMILES string of the molecule is Cc1nn(C(=O)C2CC=CCC2Cc2ccccc2)c2c1C1C(C2)C1(C)C. The molecule has 0 N–H and O–H groups in total. The maximum atomic E-state index is 13.5. The first-order chi connectivity index (χ1) is 13.0. The number of fused-ring (bicyclic) bond motifs is 3. The van der Waals surface area contributed by atoms with Gasteiger partial charge in [0.25, 0.3) is 5.91 Å². The predicted molar refractivity (Wildman–Crippen MR) is 107 cm³/mol. The smallest absolute Gasteiger partial charge is 0.250 e. The molecule has 0 spiro atoms. The van der Waals surface area contributed by atoms with Crippen LogP contribution < -0.4 is 0 Å². The van der Waals surface area contributed by atoms with E-state index in [2.05, 4.69) is 63.3 Å². The van der Waals surface area contributed by atoms with Crippen molar-refractivity contribution in [2.75, 3.05) is 0 Å². The molecule has 1 aromatic heterocycles. The largest absolute Gasteiger partial charge is 0.272 e. The highest BCUT2D eigenvalue weighted by atomic mass is 16.2. The van der Waals surface area contributed by atoms with E-state index in [4.69, 9.17) is 5.10 Å². The Hall–Kier alpha value is -2.16. The molecule has 0 aliphatic heterocycles. The fourth-order valence-electron chi connectivity index (χ4n) is 5.75. The summed E-state index contributed by atoms with van der Waals surface area (Å²) in [6.07, 6.45) is 8.22. The summed E-state index contributed by atoms with van der Waals surface area (Å²) in [5, 5.41) is 4.73. The number of aromatic nitrogens is 2. The molecule has 1 aromatic carbocycles. The lowest BCUT2D eigenvalue weighted by atomic mass is 9.78. The molecule has 0 radical (unpaired) electrons. The second kappa shape index (κ2) is 5.92. The van der Waals surface area contributed by atoms with Crippen LogP contribution in [0.1, 0.15) is 59.9 Å². The molecule has 1 fully saturated rings. The summed E-state index contributed by atoms with van der Waals surface area (Å²) >= 11 is 0. The van der Waals surface area contributed by atoms with Crippen LogP contribution in [0.25, 0.3) is 0 Å². The molecule has 2 aromatic rings. The average Bonchev–Trinajstić information content (AvgIpc) is 3.00. The number of benzene rings is 1. The molecule has 3 aliphatic rings. The third-order valence-corrected chi connectivity index (χ3v) is 7.41. The number of allylic oxidation sites excluding steroid dienone is 2. The van der Waals surface area contributed by atoms with Crippen LogP contribution in [0, 0.1) is 30.1 Å². The van der Waals surface area contributed by atoms with Crippen molar-refractivity contribution in [3.8, 4) is 0 Å². The van der Waals surface area contributed by atoms with E-state index in [1.807, 2.05) is 0 Å². The fourth-order valence-corrected chi connectivity index (χ4v) is 5.75. The molecule has 5 rings (SSSR count). The van der Waals surface area contributed by atoms with Crippen LogP contribution in [0.5, 0.6) is 0 Å². The van der Waals surface area contributed by atoms with Gasteiger partial charge >= 0.3 is 0 Å². The Morgan fingerprint density at radius 1 is 1.19 bits per heavy atom. The summed E-state index contributed by atoms with van der Waals surface area (Å²) in [6, 6.07) is 10.6. The maximum absolute atomic E-state index is 13.5. The van der Waals surface area contributed by atoms with Crippen molar-refractivity contribution in [2.24, 2.45) is 23.2 Å². The van der Waals surface area contributed by atoms with Gasteiger partial charge in [-0.3, -0.25) is 4.79 Å². The summed E-state index contributed by atoms with van der Waals surface area (Å²) in [7, 11) is 0. The van der Waals surface area contributed by atoms with Crippen molar-refractivity contribution >= 4 is 5.91 Å². The summed E-state index contributed by atoms with van der Waals surface area (Å²) in [5.41, 5.74) is 5.37. The first-order valence-corrected chi connectivity index (χ1v) is 10.3. The number of carbonyl (C=O) groups excluding carboxylic acids is 1. The highest BCUT2D eigenvalue weighted by molar-refractivity contribution is 5.83. The number of aryl methyl sites for hydroxylation is 1. The van der Waals surface area contributed by atoms with Gasteiger partial charge in [-0.25, -0.2) is 4.68 Å². The zero-order valence-electron chi connectivity index (χ0n) is 16.5. The molecule has 0 saturated heterocycles. The van der Waals surface area contributed by atoms with Gasteiger partial charge < -0.3 is 0 Å². The molecule has 27 heavy (non-hydrogen) atoms. The minimum atomic E-state index is 0.0311. The number of carbonyl (C=O) groups is 1. The quantitative estimate of drug-likeness (QED) is 0.726. The summed E-state index contributed by atoms with van der Waals surface area (Å²) in [5.74, 6) is 1.92. The Morgan fingerprint density at radius 3 is 2.70 bits per heavy atom. The van der Waals surface area contributed by atoms with Gasteiger partial charge in [0.2, 0.25) is 0 Å². The Morgan fingerprint density at radius 2 is 1.93 bits per heavy atom. The van der Waals surface area contributed by atoms with E-state index in [1.165, 1.54) is 16.8 Å². The summed E-state index contributed by atoms with van der Waals surface area (Å²) in [4.78, 5) is 13.5. The lowest BCUT2D eigenvalue weighted by molar-refractivity contribution is 0.0756. The molecule has 0 bridgehead atoms. The van der Waals surface area contributed by atoms with Crippen LogP contribution in [-0.2, 0) is 12.8 Å².